The fourth-order valence-electron chi connectivity index (χ4n) is 8.36. The Balaban J connectivity index is 1.03. The number of hydrogen-bond donors (Lipinski definition) is 0. The van der Waals surface area contributed by atoms with Crippen molar-refractivity contribution < 1.29 is 0 Å². The summed E-state index contributed by atoms with van der Waals surface area (Å²) >= 11 is 0. The summed E-state index contributed by atoms with van der Waals surface area (Å²) in [6.07, 6.45) is 9.07. The zero-order valence-corrected chi connectivity index (χ0v) is 33.1. The molecule has 0 spiro atoms. The average molecular weight is 767 g/mol. The highest BCUT2D eigenvalue weighted by Gasteiger charge is 2.15. The van der Waals surface area contributed by atoms with Gasteiger partial charge in [-0.05, 0) is 140 Å². The summed E-state index contributed by atoms with van der Waals surface area (Å²) in [5.41, 5.74) is 11.4. The molecule has 2 nitrogen and oxygen atoms in total. The Bertz CT molecular complexity index is 2810. The highest BCUT2D eigenvalue weighted by molar-refractivity contribution is 6.23. The molecule has 10 aromatic carbocycles. The van der Waals surface area contributed by atoms with Gasteiger partial charge in [-0.25, -0.2) is 0 Å². The van der Waals surface area contributed by atoms with Crippen molar-refractivity contribution in [1.29, 1.82) is 0 Å². The lowest BCUT2D eigenvalue weighted by Crippen LogP contribution is -2.09. The van der Waals surface area contributed by atoms with Gasteiger partial charge in [-0.1, -0.05) is 170 Å². The van der Waals surface area contributed by atoms with E-state index in [2.05, 4.69) is 265 Å². The molecule has 0 heterocycles. The van der Waals surface area contributed by atoms with Crippen molar-refractivity contribution in [2.45, 2.75) is 0 Å². The van der Waals surface area contributed by atoms with Gasteiger partial charge in [-0.15, -0.1) is 0 Å². The van der Waals surface area contributed by atoms with Crippen LogP contribution in [0.5, 0.6) is 0 Å². The number of rotatable bonds is 10. The van der Waals surface area contributed by atoms with E-state index < -0.39 is 0 Å². The minimum atomic E-state index is 1.11. The molecule has 0 atom stereocenters. The minimum Gasteiger partial charge on any atom is -0.311 e. The van der Waals surface area contributed by atoms with E-state index in [1.165, 1.54) is 43.4 Å². The van der Waals surface area contributed by atoms with E-state index in [9.17, 15) is 0 Å². The van der Waals surface area contributed by atoms with Crippen LogP contribution in [0.25, 0.3) is 56.6 Å². The molecule has 10 aromatic rings. The molecular formula is C58H42N2. The number of fused-ring (bicyclic) bond motifs is 5. The Morgan fingerprint density at radius 2 is 0.533 bits per heavy atom. The van der Waals surface area contributed by atoms with Crippen LogP contribution in [0.2, 0.25) is 0 Å². The summed E-state index contributed by atoms with van der Waals surface area (Å²) in [7, 11) is 0. The van der Waals surface area contributed by atoms with Crippen LogP contribution in [0.15, 0.2) is 231 Å². The van der Waals surface area contributed by atoms with Crippen molar-refractivity contribution in [2.75, 3.05) is 9.80 Å². The molecule has 0 saturated heterocycles. The Hall–Kier alpha value is -7.94. The van der Waals surface area contributed by atoms with Crippen LogP contribution in [0.4, 0.5) is 34.1 Å². The highest BCUT2D eigenvalue weighted by atomic mass is 15.1. The second kappa shape index (κ2) is 16.5. The van der Waals surface area contributed by atoms with E-state index >= 15 is 0 Å². The van der Waals surface area contributed by atoms with Gasteiger partial charge in [-0.2, -0.15) is 0 Å². The third kappa shape index (κ3) is 7.35. The summed E-state index contributed by atoms with van der Waals surface area (Å²) in [6.45, 7) is 0. The molecule has 0 amide bonds. The molecule has 2 heteroatoms. The van der Waals surface area contributed by atoms with E-state index in [1.54, 1.807) is 0 Å². The standard InChI is InChI=1S/C58H42N2/c1-5-19-49(20-6-1)59(50-21-7-2-8-22-50)53-37-31-43(32-38-53)29-35-47-41-45-17-13-16-28-56(45)58-48(42-46-18-14-15-27-55(46)57(47)58)36-30-44-33-39-54(40-34-44)60(51-23-9-3-10-24-51)52-25-11-4-12-26-52/h1-42H/b35-29+,36-30+. The zero-order chi connectivity index (χ0) is 40.1. The first-order valence-electron chi connectivity index (χ1n) is 20.5. The van der Waals surface area contributed by atoms with Crippen LogP contribution in [0, 0.1) is 0 Å². The van der Waals surface area contributed by atoms with Crippen LogP contribution >= 0.6 is 0 Å². The quantitative estimate of drug-likeness (QED) is 0.101. The van der Waals surface area contributed by atoms with E-state index in [0.29, 0.717) is 0 Å². The van der Waals surface area contributed by atoms with Gasteiger partial charge in [0.25, 0.3) is 0 Å². The lowest BCUT2D eigenvalue weighted by molar-refractivity contribution is 1.28. The molecule has 0 aromatic heterocycles. The normalized spacial score (nSPS) is 11.5. The first-order valence-corrected chi connectivity index (χ1v) is 20.5. The molecule has 284 valence electrons. The highest BCUT2D eigenvalue weighted by Crippen LogP contribution is 2.40. The van der Waals surface area contributed by atoms with Crippen molar-refractivity contribution in [3.05, 3.63) is 253 Å². The fourth-order valence-corrected chi connectivity index (χ4v) is 8.36. The van der Waals surface area contributed by atoms with E-state index in [-0.39, 0.29) is 0 Å². The molecule has 0 aliphatic carbocycles. The molecule has 0 fully saturated rings. The van der Waals surface area contributed by atoms with Crippen LogP contribution < -0.4 is 9.80 Å². The third-order valence-corrected chi connectivity index (χ3v) is 11.2. The van der Waals surface area contributed by atoms with Crippen molar-refractivity contribution in [1.82, 2.24) is 0 Å². The molecule has 10 rings (SSSR count). The van der Waals surface area contributed by atoms with Gasteiger partial charge >= 0.3 is 0 Å². The fraction of sp³-hybridized carbons (Fsp3) is 0. The number of para-hydroxylation sites is 4. The molecule has 0 N–H and O–H groups in total. The van der Waals surface area contributed by atoms with Gasteiger partial charge in [0.05, 0.1) is 0 Å². The number of benzene rings is 10. The monoisotopic (exact) mass is 766 g/mol. The van der Waals surface area contributed by atoms with E-state index in [0.717, 1.165) is 45.3 Å². The van der Waals surface area contributed by atoms with Crippen LogP contribution in [0.3, 0.4) is 0 Å². The Kier molecular flexibility index (Phi) is 10.0. The van der Waals surface area contributed by atoms with Crippen LogP contribution in [-0.4, -0.2) is 0 Å². The second-order valence-corrected chi connectivity index (χ2v) is 15.0. The lowest BCUT2D eigenvalue weighted by Gasteiger charge is -2.25. The van der Waals surface area contributed by atoms with E-state index in [1.807, 2.05) is 0 Å². The first kappa shape index (κ1) is 36.4. The molecule has 0 aliphatic rings. The van der Waals surface area contributed by atoms with Crippen molar-refractivity contribution in [3.8, 4) is 0 Å². The van der Waals surface area contributed by atoms with Crippen molar-refractivity contribution >= 4 is 90.7 Å². The number of anilines is 6. The van der Waals surface area contributed by atoms with E-state index in [4.69, 9.17) is 0 Å². The maximum atomic E-state index is 2.35. The second-order valence-electron chi connectivity index (χ2n) is 15.0. The van der Waals surface area contributed by atoms with Gasteiger partial charge < -0.3 is 9.80 Å². The molecule has 60 heavy (non-hydrogen) atoms. The van der Waals surface area contributed by atoms with Gasteiger partial charge in [0.15, 0.2) is 0 Å². The average Bonchev–Trinajstić information content (AvgIpc) is 3.32. The molecular weight excluding hydrogens is 725 g/mol. The minimum absolute atomic E-state index is 1.11. The zero-order valence-electron chi connectivity index (χ0n) is 33.1. The van der Waals surface area contributed by atoms with Crippen molar-refractivity contribution in [3.63, 3.8) is 0 Å². The van der Waals surface area contributed by atoms with Gasteiger partial charge in [0.1, 0.15) is 0 Å². The largest absolute Gasteiger partial charge is 0.311 e. The van der Waals surface area contributed by atoms with Crippen LogP contribution in [0.1, 0.15) is 22.3 Å². The van der Waals surface area contributed by atoms with Crippen LogP contribution in [-0.2, 0) is 0 Å². The maximum Gasteiger partial charge on any atom is 0.0462 e. The summed E-state index contributed by atoms with van der Waals surface area (Å²) < 4.78 is 0. The Labute approximate surface area is 351 Å². The summed E-state index contributed by atoms with van der Waals surface area (Å²) in [4.78, 5) is 4.59. The molecule has 0 unspecified atom stereocenters. The SMILES string of the molecule is C(=C\c1cc2ccccc2c2c(/C=C/c3ccc(N(c4ccccc4)c4ccccc4)cc3)cc3ccccc3c12)/c1ccc(N(c2ccccc2)c2ccccc2)cc1. The van der Waals surface area contributed by atoms with Gasteiger partial charge in [0, 0.05) is 34.1 Å². The topological polar surface area (TPSA) is 6.48 Å². The smallest absolute Gasteiger partial charge is 0.0462 e. The summed E-state index contributed by atoms with van der Waals surface area (Å²) in [5, 5.41) is 7.46. The Morgan fingerprint density at radius 1 is 0.250 bits per heavy atom. The first-order chi connectivity index (χ1) is 29.8. The summed E-state index contributed by atoms with van der Waals surface area (Å²) in [6, 6.07) is 82.1. The number of hydrogen-bond acceptors (Lipinski definition) is 2. The van der Waals surface area contributed by atoms with Gasteiger partial charge in [0.2, 0.25) is 0 Å². The Morgan fingerprint density at radius 3 is 0.867 bits per heavy atom. The van der Waals surface area contributed by atoms with Gasteiger partial charge in [-0.3, -0.25) is 0 Å². The molecule has 0 radical (unpaired) electrons. The lowest BCUT2D eigenvalue weighted by atomic mass is 9.89. The molecule has 0 aliphatic heterocycles. The third-order valence-electron chi connectivity index (χ3n) is 11.2. The summed E-state index contributed by atoms with van der Waals surface area (Å²) in [5.74, 6) is 0. The predicted molar refractivity (Wildman–Crippen MR) is 259 cm³/mol. The maximum absolute atomic E-state index is 2.35. The predicted octanol–water partition coefficient (Wildman–Crippen LogP) is 16.4. The number of nitrogens with zero attached hydrogens (tertiary/aromatic N) is 2. The molecule has 0 bridgehead atoms. The molecule has 0 saturated carbocycles. The van der Waals surface area contributed by atoms with Crippen molar-refractivity contribution in [2.24, 2.45) is 0 Å².